The minimum atomic E-state index is -2.38. The van der Waals surface area contributed by atoms with Crippen molar-refractivity contribution in [3.63, 3.8) is 0 Å². The molecule has 2 heteroatoms. The zero-order chi connectivity index (χ0) is 13.8. The van der Waals surface area contributed by atoms with E-state index in [4.69, 9.17) is 11.2 Å². The van der Waals surface area contributed by atoms with Gasteiger partial charge in [-0.25, -0.2) is 0 Å². The second kappa shape index (κ2) is 5.65. The molecule has 0 bridgehead atoms. The van der Waals surface area contributed by atoms with E-state index in [1.165, 1.54) is 10.9 Å². The molecule has 102 valence electrons. The van der Waals surface area contributed by atoms with Gasteiger partial charge in [0.25, 0.3) is 0 Å². The van der Waals surface area contributed by atoms with Crippen molar-refractivity contribution in [3.05, 3.63) is 66.2 Å². The van der Waals surface area contributed by atoms with Crippen molar-refractivity contribution >= 4 is 22.5 Å². The van der Waals surface area contributed by atoms with Crippen molar-refractivity contribution in [3.8, 4) is 0 Å². The molecule has 2 aromatic carbocycles. The Morgan fingerprint density at radius 2 is 1.42 bits per heavy atom. The monoisotopic (exact) mass is 292 g/mol. The van der Waals surface area contributed by atoms with Crippen LogP contribution in [0.2, 0.25) is 0 Å². The number of rotatable bonds is 5. The summed E-state index contributed by atoms with van der Waals surface area (Å²) in [6, 6.07) is 21.3. The molecule has 0 nitrogen and oxygen atoms in total. The van der Waals surface area contributed by atoms with Gasteiger partial charge in [-0.05, 0) is 0 Å². The van der Waals surface area contributed by atoms with Crippen molar-refractivity contribution in [1.82, 2.24) is 0 Å². The zero-order valence-electron chi connectivity index (χ0n) is 11.7. The van der Waals surface area contributed by atoms with Gasteiger partial charge in [0.15, 0.2) is 0 Å². The maximum absolute atomic E-state index is 7.29. The number of halogens is 1. The molecule has 0 aromatic heterocycles. The van der Waals surface area contributed by atoms with Crippen LogP contribution >= 0.6 is 17.2 Å². The SMILES string of the molecule is CCCP(C)(Cl)(Cc1ccccc1)c1ccccc1. The Bertz CT molecular complexity index is 519. The molecule has 0 radical (unpaired) electrons. The van der Waals surface area contributed by atoms with Gasteiger partial charge >= 0.3 is 121 Å². The van der Waals surface area contributed by atoms with Gasteiger partial charge in [0.05, 0.1) is 0 Å². The van der Waals surface area contributed by atoms with E-state index in [0.29, 0.717) is 0 Å². The van der Waals surface area contributed by atoms with Gasteiger partial charge in [0.2, 0.25) is 0 Å². The molecule has 0 saturated carbocycles. The Kier molecular flexibility index (Phi) is 4.33. The molecule has 0 amide bonds. The van der Waals surface area contributed by atoms with Crippen LogP contribution in [0, 0.1) is 0 Å². The fraction of sp³-hybridized carbons (Fsp3) is 0.294. The van der Waals surface area contributed by atoms with Gasteiger partial charge in [-0.2, -0.15) is 0 Å². The third-order valence-corrected chi connectivity index (χ3v) is 9.69. The summed E-state index contributed by atoms with van der Waals surface area (Å²) in [7, 11) is 0. The molecule has 0 aliphatic carbocycles. The van der Waals surface area contributed by atoms with Crippen LogP contribution in [0.1, 0.15) is 18.9 Å². The molecule has 0 N–H and O–H groups in total. The van der Waals surface area contributed by atoms with Gasteiger partial charge in [-0.1, -0.05) is 0 Å². The van der Waals surface area contributed by atoms with Crippen molar-refractivity contribution in [1.29, 1.82) is 0 Å². The van der Waals surface area contributed by atoms with E-state index in [2.05, 4.69) is 74.3 Å². The van der Waals surface area contributed by atoms with Crippen molar-refractivity contribution in [2.75, 3.05) is 12.8 Å². The van der Waals surface area contributed by atoms with Crippen LogP contribution in [0.25, 0.3) is 0 Å². The van der Waals surface area contributed by atoms with Crippen molar-refractivity contribution in [2.45, 2.75) is 19.5 Å². The molecule has 0 saturated heterocycles. The Morgan fingerprint density at radius 3 is 1.95 bits per heavy atom. The molecule has 0 unspecified atom stereocenters. The fourth-order valence-corrected chi connectivity index (χ4v) is 7.95. The molecule has 2 aromatic rings. The number of hydrogen-bond donors (Lipinski definition) is 0. The number of benzene rings is 2. The topological polar surface area (TPSA) is 0 Å². The first kappa shape index (κ1) is 14.6. The average molecular weight is 293 g/mol. The van der Waals surface area contributed by atoms with E-state index in [9.17, 15) is 0 Å². The normalized spacial score (nSPS) is 13.7. The maximum atomic E-state index is 7.29. The molecular weight excluding hydrogens is 271 g/mol. The molecule has 0 fully saturated rings. The van der Waals surface area contributed by atoms with Crippen LogP contribution in [-0.4, -0.2) is 12.8 Å². The molecular formula is C17H22ClP. The summed E-state index contributed by atoms with van der Waals surface area (Å²) >= 11 is 7.29. The van der Waals surface area contributed by atoms with Crippen LogP contribution in [-0.2, 0) is 6.16 Å². The van der Waals surface area contributed by atoms with Gasteiger partial charge < -0.3 is 0 Å². The summed E-state index contributed by atoms with van der Waals surface area (Å²) in [6.07, 6.45) is 3.19. The minimum absolute atomic E-state index is 0.978. The Hall–Kier alpha value is -0.840. The van der Waals surface area contributed by atoms with E-state index in [1.54, 1.807) is 0 Å². The summed E-state index contributed by atoms with van der Waals surface area (Å²) in [5, 5.41) is 1.33. The van der Waals surface area contributed by atoms with Gasteiger partial charge in [0.1, 0.15) is 0 Å². The van der Waals surface area contributed by atoms with Crippen LogP contribution in [0.15, 0.2) is 60.7 Å². The van der Waals surface area contributed by atoms with Crippen LogP contribution in [0.4, 0.5) is 0 Å². The summed E-state index contributed by atoms with van der Waals surface area (Å²) in [4.78, 5) is 0. The van der Waals surface area contributed by atoms with Crippen LogP contribution < -0.4 is 5.30 Å². The summed E-state index contributed by atoms with van der Waals surface area (Å²) in [5.74, 6) is -2.38. The Balaban J connectivity index is 2.42. The molecule has 0 atom stereocenters. The van der Waals surface area contributed by atoms with E-state index < -0.39 is 5.96 Å². The van der Waals surface area contributed by atoms with Crippen molar-refractivity contribution < 1.29 is 0 Å². The van der Waals surface area contributed by atoms with Crippen LogP contribution in [0.5, 0.6) is 0 Å². The standard InChI is InChI=1S/C17H22ClP/c1-3-14-19(2,18,17-12-8-5-9-13-17)15-16-10-6-4-7-11-16/h4-13H,3,14-15H2,1-2H3. The second-order valence-corrected chi connectivity index (χ2v) is 13.6. The first-order valence-corrected chi connectivity index (χ1v) is 10.8. The quantitative estimate of drug-likeness (QED) is 0.660. The molecule has 19 heavy (non-hydrogen) atoms. The van der Waals surface area contributed by atoms with E-state index in [1.807, 2.05) is 0 Å². The van der Waals surface area contributed by atoms with E-state index in [0.717, 1.165) is 18.7 Å². The first-order chi connectivity index (χ1) is 9.03. The van der Waals surface area contributed by atoms with Gasteiger partial charge in [0, 0.05) is 0 Å². The Morgan fingerprint density at radius 1 is 0.895 bits per heavy atom. The second-order valence-electron chi connectivity index (χ2n) is 5.59. The predicted octanol–water partition coefficient (Wildman–Crippen LogP) is 5.26. The number of hydrogen-bond acceptors (Lipinski definition) is 0. The molecule has 0 aliphatic heterocycles. The van der Waals surface area contributed by atoms with E-state index in [-0.39, 0.29) is 0 Å². The van der Waals surface area contributed by atoms with Crippen LogP contribution in [0.3, 0.4) is 0 Å². The average Bonchev–Trinajstić information content (AvgIpc) is 2.41. The molecule has 0 heterocycles. The predicted molar refractivity (Wildman–Crippen MR) is 90.1 cm³/mol. The Labute approximate surface area is 121 Å². The van der Waals surface area contributed by atoms with Gasteiger partial charge in [-0.15, -0.1) is 0 Å². The van der Waals surface area contributed by atoms with Crippen molar-refractivity contribution in [2.24, 2.45) is 0 Å². The van der Waals surface area contributed by atoms with E-state index >= 15 is 0 Å². The summed E-state index contributed by atoms with van der Waals surface area (Å²) in [6.45, 7) is 4.53. The molecule has 0 spiro atoms. The fourth-order valence-electron chi connectivity index (χ4n) is 2.78. The molecule has 2 rings (SSSR count). The van der Waals surface area contributed by atoms with Gasteiger partial charge in [-0.3, -0.25) is 0 Å². The first-order valence-electron chi connectivity index (χ1n) is 6.85. The summed E-state index contributed by atoms with van der Waals surface area (Å²) < 4.78 is 0. The summed E-state index contributed by atoms with van der Waals surface area (Å²) in [5.41, 5.74) is 1.34. The third-order valence-electron chi connectivity index (χ3n) is 3.71. The molecule has 0 aliphatic rings. The zero-order valence-corrected chi connectivity index (χ0v) is 13.4. The third kappa shape index (κ3) is 3.38.